The van der Waals surface area contributed by atoms with Gasteiger partial charge in [0.25, 0.3) is 0 Å². The highest BCUT2D eigenvalue weighted by Crippen LogP contribution is 2.37. The SMILES string of the molecule is COC(=O)[C@H]1O[C@@H](Oc2ccc(C(F)(F)F)cc2N)[C@H](OC(C)=O)[C@@H](OC(C)=O)[C@@H]1C. The minimum atomic E-state index is -4.62. The number of nitrogens with two attached hydrogens (primary N) is 1. The molecule has 0 radical (unpaired) electrons. The van der Waals surface area contributed by atoms with Crippen LogP contribution in [0.15, 0.2) is 18.2 Å². The molecule has 1 heterocycles. The fraction of sp³-hybridized carbons (Fsp3) is 0.526. The van der Waals surface area contributed by atoms with E-state index in [0.717, 1.165) is 33.1 Å². The molecule has 2 N–H and O–H groups in total. The number of esters is 3. The van der Waals surface area contributed by atoms with Crippen LogP contribution in [0.1, 0.15) is 26.3 Å². The lowest BCUT2D eigenvalue weighted by Crippen LogP contribution is -2.60. The number of halogens is 3. The molecule has 1 aromatic rings. The number of alkyl halides is 3. The molecule has 0 aliphatic carbocycles. The second-order valence-corrected chi connectivity index (χ2v) is 6.82. The van der Waals surface area contributed by atoms with Crippen molar-refractivity contribution < 1.29 is 51.2 Å². The first-order valence-electron chi connectivity index (χ1n) is 9.06. The number of methoxy groups -OCH3 is 1. The second kappa shape index (κ2) is 9.41. The Morgan fingerprint density at radius 3 is 2.13 bits per heavy atom. The fourth-order valence-corrected chi connectivity index (χ4v) is 3.09. The van der Waals surface area contributed by atoms with Crippen molar-refractivity contribution in [3.63, 3.8) is 0 Å². The van der Waals surface area contributed by atoms with Crippen LogP contribution in [0.4, 0.5) is 18.9 Å². The van der Waals surface area contributed by atoms with Crippen molar-refractivity contribution >= 4 is 23.6 Å². The fourth-order valence-electron chi connectivity index (χ4n) is 3.09. The van der Waals surface area contributed by atoms with E-state index < -0.39 is 60.2 Å². The smallest absolute Gasteiger partial charge is 0.416 e. The number of hydrogen-bond donors (Lipinski definition) is 1. The van der Waals surface area contributed by atoms with E-state index in [1.54, 1.807) is 0 Å². The van der Waals surface area contributed by atoms with Gasteiger partial charge in [-0.3, -0.25) is 9.59 Å². The van der Waals surface area contributed by atoms with Gasteiger partial charge >= 0.3 is 24.1 Å². The molecular formula is C19H22F3NO8. The molecule has 12 heteroatoms. The van der Waals surface area contributed by atoms with Crippen molar-refractivity contribution in [3.05, 3.63) is 23.8 Å². The predicted octanol–water partition coefficient (Wildman–Crippen LogP) is 2.06. The first-order valence-corrected chi connectivity index (χ1v) is 9.06. The van der Waals surface area contributed by atoms with Gasteiger partial charge in [-0.2, -0.15) is 13.2 Å². The molecule has 9 nitrogen and oxygen atoms in total. The normalized spacial score (nSPS) is 26.0. The lowest BCUT2D eigenvalue weighted by atomic mass is 9.90. The number of nitrogen functional groups attached to an aromatic ring is 1. The Morgan fingerprint density at radius 2 is 1.65 bits per heavy atom. The van der Waals surface area contributed by atoms with Gasteiger partial charge in [0.05, 0.1) is 18.4 Å². The number of carbonyl (C=O) groups excluding carboxylic acids is 3. The van der Waals surface area contributed by atoms with Crippen LogP contribution in [0.3, 0.4) is 0 Å². The Labute approximate surface area is 175 Å². The van der Waals surface area contributed by atoms with Crippen molar-refractivity contribution in [2.24, 2.45) is 5.92 Å². The molecule has 0 bridgehead atoms. The van der Waals surface area contributed by atoms with E-state index in [-0.39, 0.29) is 11.4 Å². The summed E-state index contributed by atoms with van der Waals surface area (Å²) in [6, 6.07) is 2.35. The van der Waals surface area contributed by atoms with E-state index in [1.165, 1.54) is 6.92 Å². The topological polar surface area (TPSA) is 123 Å². The molecule has 1 fully saturated rings. The molecule has 1 aliphatic rings. The molecule has 31 heavy (non-hydrogen) atoms. The zero-order valence-electron chi connectivity index (χ0n) is 17.1. The summed E-state index contributed by atoms with van der Waals surface area (Å²) >= 11 is 0. The van der Waals surface area contributed by atoms with Crippen LogP contribution in [-0.4, -0.2) is 49.6 Å². The summed E-state index contributed by atoms with van der Waals surface area (Å²) in [5.41, 5.74) is 4.30. The summed E-state index contributed by atoms with van der Waals surface area (Å²) in [6.07, 6.45) is -9.99. The standard InChI is InChI=1S/C19H22F3NO8/c1-8-14(28-9(2)24)16(29-10(3)25)18(31-15(8)17(26)27-4)30-13-6-5-11(7-12(13)23)19(20,21)22/h5-8,14-16,18H,23H2,1-4H3/t8-,14-,15-,16+,18+/m0/s1. The van der Waals surface area contributed by atoms with E-state index in [1.807, 2.05) is 0 Å². The Bertz CT molecular complexity index is 844. The number of rotatable bonds is 5. The van der Waals surface area contributed by atoms with Gasteiger partial charge in [0.15, 0.2) is 12.2 Å². The van der Waals surface area contributed by atoms with E-state index >= 15 is 0 Å². The van der Waals surface area contributed by atoms with Gasteiger partial charge in [-0.05, 0) is 18.2 Å². The monoisotopic (exact) mass is 449 g/mol. The minimum Gasteiger partial charge on any atom is -0.467 e. The first kappa shape index (κ1) is 24.3. The largest absolute Gasteiger partial charge is 0.467 e. The third kappa shape index (κ3) is 5.78. The van der Waals surface area contributed by atoms with Crippen molar-refractivity contribution in [2.75, 3.05) is 12.8 Å². The molecule has 1 aromatic carbocycles. The van der Waals surface area contributed by atoms with Gasteiger partial charge in [0.2, 0.25) is 12.4 Å². The van der Waals surface area contributed by atoms with Crippen molar-refractivity contribution in [3.8, 4) is 5.75 Å². The van der Waals surface area contributed by atoms with Gasteiger partial charge in [-0.25, -0.2) is 4.79 Å². The number of benzene rings is 1. The van der Waals surface area contributed by atoms with Crippen LogP contribution >= 0.6 is 0 Å². The highest BCUT2D eigenvalue weighted by molar-refractivity contribution is 5.75. The van der Waals surface area contributed by atoms with Crippen LogP contribution in [0.5, 0.6) is 5.75 Å². The third-order valence-electron chi connectivity index (χ3n) is 4.49. The van der Waals surface area contributed by atoms with Crippen LogP contribution in [0, 0.1) is 5.92 Å². The molecule has 5 atom stereocenters. The molecule has 1 saturated heterocycles. The minimum absolute atomic E-state index is 0.227. The quantitative estimate of drug-likeness (QED) is 0.409. The molecule has 0 saturated carbocycles. The average molecular weight is 449 g/mol. The number of ether oxygens (including phenoxy) is 5. The van der Waals surface area contributed by atoms with E-state index in [0.29, 0.717) is 6.07 Å². The van der Waals surface area contributed by atoms with Crippen LogP contribution < -0.4 is 10.5 Å². The molecule has 0 amide bonds. The summed E-state index contributed by atoms with van der Waals surface area (Å²) in [6.45, 7) is 3.71. The van der Waals surface area contributed by atoms with Crippen molar-refractivity contribution in [2.45, 2.75) is 51.5 Å². The Balaban J connectivity index is 2.43. The Kier molecular flexibility index (Phi) is 7.37. The molecule has 172 valence electrons. The molecule has 2 rings (SSSR count). The first-order chi connectivity index (χ1) is 14.3. The van der Waals surface area contributed by atoms with Gasteiger partial charge in [0.1, 0.15) is 5.75 Å². The van der Waals surface area contributed by atoms with Gasteiger partial charge in [-0.1, -0.05) is 6.92 Å². The summed E-state index contributed by atoms with van der Waals surface area (Å²) in [7, 11) is 1.11. The van der Waals surface area contributed by atoms with Crippen LogP contribution in [0.25, 0.3) is 0 Å². The van der Waals surface area contributed by atoms with Crippen molar-refractivity contribution in [1.82, 2.24) is 0 Å². The lowest BCUT2D eigenvalue weighted by Gasteiger charge is -2.42. The van der Waals surface area contributed by atoms with E-state index in [9.17, 15) is 27.6 Å². The maximum absolute atomic E-state index is 12.9. The predicted molar refractivity (Wildman–Crippen MR) is 97.4 cm³/mol. The maximum atomic E-state index is 12.9. The zero-order chi connectivity index (χ0) is 23.5. The molecular weight excluding hydrogens is 427 g/mol. The van der Waals surface area contributed by atoms with Gasteiger partial charge < -0.3 is 29.4 Å². The van der Waals surface area contributed by atoms with Gasteiger partial charge in [0, 0.05) is 19.8 Å². The van der Waals surface area contributed by atoms with Gasteiger partial charge in [-0.15, -0.1) is 0 Å². The lowest BCUT2D eigenvalue weighted by molar-refractivity contribution is -0.266. The molecule has 1 aliphatic heterocycles. The summed E-state index contributed by atoms with van der Waals surface area (Å²) in [4.78, 5) is 35.4. The van der Waals surface area contributed by atoms with Crippen LogP contribution in [0.2, 0.25) is 0 Å². The summed E-state index contributed by atoms with van der Waals surface area (Å²) < 4.78 is 64.9. The average Bonchev–Trinajstić information content (AvgIpc) is 2.66. The Hall–Kier alpha value is -3.02. The van der Waals surface area contributed by atoms with E-state index in [2.05, 4.69) is 4.74 Å². The second-order valence-electron chi connectivity index (χ2n) is 6.82. The number of carbonyl (C=O) groups is 3. The maximum Gasteiger partial charge on any atom is 0.416 e. The number of anilines is 1. The van der Waals surface area contributed by atoms with Crippen LogP contribution in [-0.2, 0) is 39.5 Å². The molecule has 0 unspecified atom stereocenters. The zero-order valence-corrected chi connectivity index (χ0v) is 17.1. The highest BCUT2D eigenvalue weighted by Gasteiger charge is 2.52. The third-order valence-corrected chi connectivity index (χ3v) is 4.49. The number of hydrogen-bond acceptors (Lipinski definition) is 9. The molecule has 0 aromatic heterocycles. The highest BCUT2D eigenvalue weighted by atomic mass is 19.4. The Morgan fingerprint density at radius 1 is 1.06 bits per heavy atom. The molecule has 0 spiro atoms. The summed E-state index contributed by atoms with van der Waals surface area (Å²) in [5, 5.41) is 0. The van der Waals surface area contributed by atoms with Crippen molar-refractivity contribution in [1.29, 1.82) is 0 Å². The van der Waals surface area contributed by atoms with E-state index in [4.69, 9.17) is 24.7 Å². The summed E-state index contributed by atoms with van der Waals surface area (Å²) in [5.74, 6) is -3.36.